The van der Waals surface area contributed by atoms with Gasteiger partial charge in [-0.1, -0.05) is 11.8 Å². The molecule has 0 atom stereocenters. The minimum absolute atomic E-state index is 0.105. The largest absolute Gasteiger partial charge is 0.348 e. The molecule has 3 heterocycles. The molecule has 2 N–H and O–H groups in total. The molecule has 1 fully saturated rings. The van der Waals surface area contributed by atoms with Crippen LogP contribution in [0.3, 0.4) is 0 Å². The van der Waals surface area contributed by atoms with Crippen molar-refractivity contribution in [3.63, 3.8) is 0 Å². The van der Waals surface area contributed by atoms with Crippen LogP contribution in [0.1, 0.15) is 0 Å². The number of H-pyrrole nitrogens is 1. The number of amides is 2. The number of nitrogens with zero attached hydrogens (tertiary/aromatic N) is 7. The van der Waals surface area contributed by atoms with Gasteiger partial charge in [0.25, 0.3) is 5.56 Å². The number of urea groups is 1. The highest BCUT2D eigenvalue weighted by molar-refractivity contribution is 7.99. The van der Waals surface area contributed by atoms with E-state index in [1.54, 1.807) is 22.8 Å². The summed E-state index contributed by atoms with van der Waals surface area (Å²) in [5, 5.41) is 14.8. The van der Waals surface area contributed by atoms with E-state index >= 15 is 0 Å². The van der Waals surface area contributed by atoms with Gasteiger partial charge in [-0.3, -0.25) is 4.79 Å². The molecule has 0 aromatic carbocycles. The van der Waals surface area contributed by atoms with Crippen molar-refractivity contribution in [2.75, 3.05) is 43.4 Å². The Labute approximate surface area is 147 Å². The second-order valence-corrected chi connectivity index (χ2v) is 6.44. The quantitative estimate of drug-likeness (QED) is 0.506. The molecule has 134 valence electrons. The van der Waals surface area contributed by atoms with Crippen molar-refractivity contribution < 1.29 is 4.79 Å². The predicted molar refractivity (Wildman–Crippen MR) is 91.6 cm³/mol. The average molecular weight is 365 g/mol. The van der Waals surface area contributed by atoms with Gasteiger partial charge >= 0.3 is 6.03 Å². The Morgan fingerprint density at radius 2 is 2.16 bits per heavy atom. The first-order chi connectivity index (χ1) is 12.1. The van der Waals surface area contributed by atoms with E-state index in [1.165, 1.54) is 18.0 Å². The Kier molecular flexibility index (Phi) is 5.48. The number of carbonyl (C=O) groups is 1. The second kappa shape index (κ2) is 7.96. The fraction of sp³-hybridized carbons (Fsp3) is 0.538. The molecule has 2 aromatic heterocycles. The van der Waals surface area contributed by atoms with Crippen LogP contribution in [-0.2, 0) is 7.05 Å². The average Bonchev–Trinajstić information content (AvgIpc) is 3.04. The van der Waals surface area contributed by atoms with Crippen LogP contribution >= 0.6 is 11.8 Å². The van der Waals surface area contributed by atoms with Crippen molar-refractivity contribution in [2.24, 2.45) is 7.05 Å². The molecule has 1 saturated heterocycles. The Balaban J connectivity index is 1.40. The first-order valence-corrected chi connectivity index (χ1v) is 8.80. The minimum Gasteiger partial charge on any atom is -0.348 e. The van der Waals surface area contributed by atoms with Crippen LogP contribution in [0, 0.1) is 0 Å². The lowest BCUT2D eigenvalue weighted by Gasteiger charge is -2.34. The summed E-state index contributed by atoms with van der Waals surface area (Å²) in [5.74, 6) is 1.08. The van der Waals surface area contributed by atoms with Crippen molar-refractivity contribution in [1.82, 2.24) is 40.4 Å². The zero-order valence-corrected chi connectivity index (χ0v) is 14.6. The number of aromatic nitrogens is 6. The Hall–Kier alpha value is -2.63. The van der Waals surface area contributed by atoms with Gasteiger partial charge in [0.1, 0.15) is 0 Å². The third kappa shape index (κ3) is 4.26. The number of hydrogen-bond acceptors (Lipinski definition) is 8. The van der Waals surface area contributed by atoms with Gasteiger partial charge in [0.05, 0.1) is 0 Å². The van der Waals surface area contributed by atoms with Gasteiger partial charge in [-0.25, -0.2) is 14.5 Å². The fourth-order valence-electron chi connectivity index (χ4n) is 2.45. The van der Waals surface area contributed by atoms with Gasteiger partial charge in [-0.05, 0) is 10.4 Å². The molecular weight excluding hydrogens is 346 g/mol. The lowest BCUT2D eigenvalue weighted by molar-refractivity contribution is 0.195. The van der Waals surface area contributed by atoms with E-state index in [1.807, 2.05) is 4.90 Å². The molecular formula is C13H19N9O2S. The smallest absolute Gasteiger partial charge is 0.317 e. The summed E-state index contributed by atoms with van der Waals surface area (Å²) in [6.45, 7) is 2.76. The Bertz CT molecular complexity index is 769. The molecule has 2 aromatic rings. The van der Waals surface area contributed by atoms with Gasteiger partial charge < -0.3 is 20.1 Å². The van der Waals surface area contributed by atoms with Crippen LogP contribution < -0.4 is 15.8 Å². The van der Waals surface area contributed by atoms with Crippen LogP contribution in [0.5, 0.6) is 0 Å². The van der Waals surface area contributed by atoms with Gasteiger partial charge in [0.15, 0.2) is 5.82 Å². The van der Waals surface area contributed by atoms with Crippen molar-refractivity contribution in [1.29, 1.82) is 0 Å². The zero-order chi connectivity index (χ0) is 17.6. The lowest BCUT2D eigenvalue weighted by atomic mass is 10.3. The van der Waals surface area contributed by atoms with Crippen LogP contribution in [0.2, 0.25) is 0 Å². The summed E-state index contributed by atoms with van der Waals surface area (Å²) < 4.78 is 1.59. The SMILES string of the molecule is Cn1nnnc1SCCNC(=O)N1CCN(c2ncc[nH]c2=O)CC1. The number of tetrazole rings is 1. The maximum atomic E-state index is 12.2. The highest BCUT2D eigenvalue weighted by atomic mass is 32.2. The lowest BCUT2D eigenvalue weighted by Crippen LogP contribution is -2.53. The highest BCUT2D eigenvalue weighted by Gasteiger charge is 2.22. The summed E-state index contributed by atoms with van der Waals surface area (Å²) in [7, 11) is 1.77. The summed E-state index contributed by atoms with van der Waals surface area (Å²) in [6, 6.07) is -0.105. The third-order valence-electron chi connectivity index (χ3n) is 3.75. The molecule has 0 saturated carbocycles. The van der Waals surface area contributed by atoms with E-state index in [0.29, 0.717) is 49.5 Å². The van der Waals surface area contributed by atoms with Gasteiger partial charge in [0.2, 0.25) is 5.16 Å². The van der Waals surface area contributed by atoms with Gasteiger partial charge in [-0.2, -0.15) is 0 Å². The fourth-order valence-corrected chi connectivity index (χ4v) is 3.15. The Morgan fingerprint density at radius 3 is 2.84 bits per heavy atom. The second-order valence-electron chi connectivity index (χ2n) is 5.38. The number of thioether (sulfide) groups is 1. The molecule has 0 radical (unpaired) electrons. The number of aryl methyl sites for hydroxylation is 1. The number of nitrogens with one attached hydrogen (secondary N) is 2. The predicted octanol–water partition coefficient (Wildman–Crippen LogP) is -1.08. The molecule has 12 heteroatoms. The maximum absolute atomic E-state index is 12.2. The van der Waals surface area contributed by atoms with E-state index in [9.17, 15) is 9.59 Å². The number of piperazine rings is 1. The molecule has 1 aliphatic rings. The number of aromatic amines is 1. The van der Waals surface area contributed by atoms with E-state index in [2.05, 4.69) is 30.8 Å². The molecule has 0 bridgehead atoms. The highest BCUT2D eigenvalue weighted by Crippen LogP contribution is 2.11. The van der Waals surface area contributed by atoms with E-state index in [4.69, 9.17) is 0 Å². The normalized spacial score (nSPS) is 14.6. The van der Waals surface area contributed by atoms with Crippen LogP contribution in [0.4, 0.5) is 10.6 Å². The molecule has 3 rings (SSSR count). The topological polar surface area (TPSA) is 125 Å². The van der Waals surface area contributed by atoms with Crippen LogP contribution in [0.15, 0.2) is 22.3 Å². The monoisotopic (exact) mass is 365 g/mol. The van der Waals surface area contributed by atoms with E-state index in [0.717, 1.165) is 0 Å². The molecule has 11 nitrogen and oxygen atoms in total. The molecule has 0 unspecified atom stereocenters. The molecule has 2 amide bonds. The molecule has 1 aliphatic heterocycles. The molecule has 0 aliphatic carbocycles. The molecule has 0 spiro atoms. The number of carbonyl (C=O) groups excluding carboxylic acids is 1. The Morgan fingerprint density at radius 1 is 1.36 bits per heavy atom. The van der Waals surface area contributed by atoms with Crippen molar-refractivity contribution in [2.45, 2.75) is 5.16 Å². The van der Waals surface area contributed by atoms with E-state index < -0.39 is 0 Å². The first-order valence-electron chi connectivity index (χ1n) is 7.81. The first kappa shape index (κ1) is 17.2. The van der Waals surface area contributed by atoms with Crippen molar-refractivity contribution in [3.8, 4) is 0 Å². The maximum Gasteiger partial charge on any atom is 0.317 e. The van der Waals surface area contributed by atoms with E-state index in [-0.39, 0.29) is 11.6 Å². The minimum atomic E-state index is -0.212. The third-order valence-corrected chi connectivity index (χ3v) is 4.76. The number of hydrogen-bond donors (Lipinski definition) is 2. The van der Waals surface area contributed by atoms with Crippen LogP contribution in [0.25, 0.3) is 0 Å². The molecule has 25 heavy (non-hydrogen) atoms. The summed E-state index contributed by atoms with van der Waals surface area (Å²) in [6.07, 6.45) is 3.06. The summed E-state index contributed by atoms with van der Waals surface area (Å²) >= 11 is 1.48. The van der Waals surface area contributed by atoms with Crippen LogP contribution in [-0.4, -0.2) is 79.6 Å². The number of rotatable bonds is 5. The van der Waals surface area contributed by atoms with Gasteiger partial charge in [0, 0.05) is 57.9 Å². The summed E-state index contributed by atoms with van der Waals surface area (Å²) in [5.41, 5.74) is -0.212. The standard InChI is InChI=1S/C13H19N9O2S/c1-20-13(17-18-19-20)25-9-4-16-12(24)22-7-5-21(6-8-22)10-11(23)15-3-2-14-10/h2-3H,4-9H2,1H3,(H,15,23)(H,16,24). The van der Waals surface area contributed by atoms with Crippen molar-refractivity contribution in [3.05, 3.63) is 22.7 Å². The number of anilines is 1. The van der Waals surface area contributed by atoms with Crippen molar-refractivity contribution >= 4 is 23.6 Å². The summed E-state index contributed by atoms with van der Waals surface area (Å²) in [4.78, 5) is 34.3. The zero-order valence-electron chi connectivity index (χ0n) is 13.8. The van der Waals surface area contributed by atoms with Gasteiger partial charge in [-0.15, -0.1) is 5.10 Å².